The largest absolute Gasteiger partial charge is 0.481 e. The molecule has 1 aliphatic rings. The van der Waals surface area contributed by atoms with Crippen LogP contribution in [0, 0.1) is 0 Å². The summed E-state index contributed by atoms with van der Waals surface area (Å²) < 4.78 is 0. The van der Waals surface area contributed by atoms with E-state index in [1.165, 1.54) is 6.08 Å². The highest BCUT2D eigenvalue weighted by Gasteiger charge is 2.35. The number of nitrogens with zero attached hydrogens (tertiary/aromatic N) is 1. The van der Waals surface area contributed by atoms with Crippen molar-refractivity contribution in [3.05, 3.63) is 71.3 Å². The lowest BCUT2D eigenvalue weighted by Gasteiger charge is -2.15. The van der Waals surface area contributed by atoms with Crippen LogP contribution in [-0.2, 0) is 27.3 Å². The van der Waals surface area contributed by atoms with Crippen LogP contribution < -0.4 is 0 Å². The van der Waals surface area contributed by atoms with Gasteiger partial charge in [0.15, 0.2) is 0 Å². The molecule has 0 fully saturated rings. The standard InChI is InChI=1S/C18H17NO4/c1-3-6-15-14(4-2)17(22)19(18(15)23)11-13-8-5-7-12(9-13)10-16(20)21/h3-9H,2,10-11H2,1H3,(H,20,21)/b6-3-. The molecule has 1 aromatic carbocycles. The third kappa shape index (κ3) is 3.45. The lowest BCUT2D eigenvalue weighted by Crippen LogP contribution is -2.31. The Balaban J connectivity index is 2.25. The van der Waals surface area contributed by atoms with Gasteiger partial charge >= 0.3 is 5.97 Å². The molecule has 0 unspecified atom stereocenters. The molecule has 5 heteroatoms. The number of benzene rings is 1. The van der Waals surface area contributed by atoms with E-state index in [4.69, 9.17) is 5.11 Å². The van der Waals surface area contributed by atoms with Gasteiger partial charge in [-0.1, -0.05) is 49.1 Å². The molecule has 2 amide bonds. The Morgan fingerprint density at radius 1 is 1.22 bits per heavy atom. The Kier molecular flexibility index (Phi) is 4.91. The van der Waals surface area contributed by atoms with Crippen LogP contribution >= 0.6 is 0 Å². The average Bonchev–Trinajstić information content (AvgIpc) is 2.72. The van der Waals surface area contributed by atoms with Gasteiger partial charge in [-0.05, 0) is 18.1 Å². The molecule has 1 N–H and O–H groups in total. The summed E-state index contributed by atoms with van der Waals surface area (Å²) in [5, 5.41) is 8.84. The third-order valence-corrected chi connectivity index (χ3v) is 3.47. The molecule has 1 aliphatic heterocycles. The highest BCUT2D eigenvalue weighted by molar-refractivity contribution is 6.21. The first-order valence-electron chi connectivity index (χ1n) is 7.13. The number of carbonyl (C=O) groups excluding carboxylic acids is 2. The van der Waals surface area contributed by atoms with Gasteiger partial charge in [-0.2, -0.15) is 0 Å². The second kappa shape index (κ2) is 6.87. The molecular weight excluding hydrogens is 294 g/mol. The molecule has 5 nitrogen and oxygen atoms in total. The van der Waals surface area contributed by atoms with Gasteiger partial charge in [-0.3, -0.25) is 19.3 Å². The van der Waals surface area contributed by atoms with Gasteiger partial charge in [-0.15, -0.1) is 0 Å². The molecule has 118 valence electrons. The lowest BCUT2D eigenvalue weighted by molar-refractivity contribution is -0.138. The third-order valence-electron chi connectivity index (χ3n) is 3.47. The van der Waals surface area contributed by atoms with Gasteiger partial charge < -0.3 is 5.11 Å². The highest BCUT2D eigenvalue weighted by Crippen LogP contribution is 2.24. The van der Waals surface area contributed by atoms with Gasteiger partial charge in [0, 0.05) is 0 Å². The lowest BCUT2D eigenvalue weighted by atomic mass is 10.1. The van der Waals surface area contributed by atoms with Gasteiger partial charge in [0.2, 0.25) is 0 Å². The van der Waals surface area contributed by atoms with Crippen molar-refractivity contribution >= 4 is 17.8 Å². The van der Waals surface area contributed by atoms with Crippen molar-refractivity contribution in [2.45, 2.75) is 19.9 Å². The Labute approximate surface area is 134 Å². The highest BCUT2D eigenvalue weighted by atomic mass is 16.4. The molecule has 0 bridgehead atoms. The molecule has 1 aromatic rings. The molecule has 0 aliphatic carbocycles. The monoisotopic (exact) mass is 311 g/mol. The Morgan fingerprint density at radius 3 is 2.48 bits per heavy atom. The van der Waals surface area contributed by atoms with Crippen LogP contribution in [0.4, 0.5) is 0 Å². The maximum Gasteiger partial charge on any atom is 0.307 e. The summed E-state index contributed by atoms with van der Waals surface area (Å²) in [7, 11) is 0. The zero-order valence-electron chi connectivity index (χ0n) is 12.8. The summed E-state index contributed by atoms with van der Waals surface area (Å²) in [6.07, 6.45) is 4.57. The summed E-state index contributed by atoms with van der Waals surface area (Å²) in [6, 6.07) is 6.86. The summed E-state index contributed by atoms with van der Waals surface area (Å²) >= 11 is 0. The van der Waals surface area contributed by atoms with E-state index >= 15 is 0 Å². The SMILES string of the molecule is C=CC1=C(/C=C\C)C(=O)N(Cc2cccc(CC(=O)O)c2)C1=O. The van der Waals surface area contributed by atoms with E-state index in [1.807, 2.05) is 0 Å². The molecule has 0 atom stereocenters. The number of amides is 2. The predicted octanol–water partition coefficient (Wildman–Crippen LogP) is 2.24. The normalized spacial score (nSPS) is 14.9. The summed E-state index contributed by atoms with van der Waals surface area (Å²) in [4.78, 5) is 36.7. The number of hydrogen-bond donors (Lipinski definition) is 1. The van der Waals surface area contributed by atoms with E-state index in [-0.39, 0.29) is 30.4 Å². The Morgan fingerprint density at radius 2 is 1.87 bits per heavy atom. The first-order chi connectivity index (χ1) is 11.0. The van der Waals surface area contributed by atoms with Crippen LogP contribution in [0.25, 0.3) is 0 Å². The summed E-state index contributed by atoms with van der Waals surface area (Å²) in [5.41, 5.74) is 1.94. The fourth-order valence-corrected chi connectivity index (χ4v) is 2.48. The molecule has 0 saturated heterocycles. The topological polar surface area (TPSA) is 74.7 Å². The zero-order chi connectivity index (χ0) is 17.0. The molecule has 0 saturated carbocycles. The quantitative estimate of drug-likeness (QED) is 0.818. The number of aliphatic carboxylic acids is 1. The van der Waals surface area contributed by atoms with Crippen molar-refractivity contribution in [1.82, 2.24) is 4.90 Å². The molecule has 2 rings (SSSR count). The van der Waals surface area contributed by atoms with Gasteiger partial charge in [-0.25, -0.2) is 0 Å². The predicted molar refractivity (Wildman–Crippen MR) is 85.4 cm³/mol. The van der Waals surface area contributed by atoms with Crippen molar-refractivity contribution in [1.29, 1.82) is 0 Å². The van der Waals surface area contributed by atoms with Crippen molar-refractivity contribution < 1.29 is 19.5 Å². The Bertz CT molecular complexity index is 743. The minimum atomic E-state index is -0.929. The van der Waals surface area contributed by atoms with E-state index in [0.29, 0.717) is 16.7 Å². The van der Waals surface area contributed by atoms with Gasteiger partial charge in [0.1, 0.15) is 0 Å². The number of allylic oxidation sites excluding steroid dienone is 1. The van der Waals surface area contributed by atoms with E-state index in [0.717, 1.165) is 4.90 Å². The van der Waals surface area contributed by atoms with Crippen LogP contribution in [-0.4, -0.2) is 27.8 Å². The van der Waals surface area contributed by atoms with Gasteiger partial charge in [0.25, 0.3) is 11.8 Å². The van der Waals surface area contributed by atoms with Crippen molar-refractivity contribution in [2.24, 2.45) is 0 Å². The summed E-state index contributed by atoms with van der Waals surface area (Å²) in [5.74, 6) is -1.69. The minimum Gasteiger partial charge on any atom is -0.481 e. The smallest absolute Gasteiger partial charge is 0.307 e. The minimum absolute atomic E-state index is 0.101. The molecule has 23 heavy (non-hydrogen) atoms. The molecule has 0 spiro atoms. The van der Waals surface area contributed by atoms with Crippen molar-refractivity contribution in [3.8, 4) is 0 Å². The van der Waals surface area contributed by atoms with E-state index in [9.17, 15) is 14.4 Å². The zero-order valence-corrected chi connectivity index (χ0v) is 12.8. The first kappa shape index (κ1) is 16.4. The number of carbonyl (C=O) groups is 3. The molecule has 1 heterocycles. The fourth-order valence-electron chi connectivity index (χ4n) is 2.48. The second-order valence-corrected chi connectivity index (χ2v) is 5.12. The number of rotatable bonds is 6. The van der Waals surface area contributed by atoms with Crippen LogP contribution in [0.15, 0.2) is 60.2 Å². The molecule has 0 aromatic heterocycles. The van der Waals surface area contributed by atoms with Crippen LogP contribution in [0.2, 0.25) is 0 Å². The Hall–Kier alpha value is -2.95. The van der Waals surface area contributed by atoms with Crippen LogP contribution in [0.3, 0.4) is 0 Å². The van der Waals surface area contributed by atoms with Crippen LogP contribution in [0.5, 0.6) is 0 Å². The fraction of sp³-hybridized carbons (Fsp3) is 0.167. The second-order valence-electron chi connectivity index (χ2n) is 5.12. The molecule has 0 radical (unpaired) electrons. The number of imide groups is 1. The van der Waals surface area contributed by atoms with Gasteiger partial charge in [0.05, 0.1) is 24.1 Å². The van der Waals surface area contributed by atoms with Crippen molar-refractivity contribution in [3.63, 3.8) is 0 Å². The van der Waals surface area contributed by atoms with Crippen molar-refractivity contribution in [2.75, 3.05) is 0 Å². The van der Waals surface area contributed by atoms with E-state index < -0.39 is 5.97 Å². The maximum atomic E-state index is 12.4. The number of carboxylic acids is 1. The number of carboxylic acid groups (broad SMARTS) is 1. The summed E-state index contributed by atoms with van der Waals surface area (Å²) in [6.45, 7) is 5.46. The first-order valence-corrected chi connectivity index (χ1v) is 7.13. The number of hydrogen-bond acceptors (Lipinski definition) is 3. The van der Waals surface area contributed by atoms with Crippen LogP contribution in [0.1, 0.15) is 18.1 Å². The maximum absolute atomic E-state index is 12.4. The average molecular weight is 311 g/mol. The van der Waals surface area contributed by atoms with E-state index in [1.54, 1.807) is 43.3 Å². The molecular formula is C18H17NO4. The van der Waals surface area contributed by atoms with E-state index in [2.05, 4.69) is 6.58 Å².